The van der Waals surface area contributed by atoms with Crippen molar-refractivity contribution in [2.75, 3.05) is 20.3 Å². The minimum absolute atomic E-state index is 0.118. The molecule has 1 atom stereocenters. The normalized spacial score (nSPS) is 19.1. The Labute approximate surface area is 115 Å². The van der Waals surface area contributed by atoms with Crippen LogP contribution >= 0.6 is 0 Å². The Balaban J connectivity index is 2.12. The Morgan fingerprint density at radius 1 is 1.55 bits per heavy atom. The number of aromatic carboxylic acids is 1. The number of nitrogens with zero attached hydrogens (tertiary/aromatic N) is 1. The summed E-state index contributed by atoms with van der Waals surface area (Å²) in [7, 11) is 1.48. The van der Waals surface area contributed by atoms with Crippen molar-refractivity contribution in [1.29, 1.82) is 0 Å². The third kappa shape index (κ3) is 2.12. The first-order chi connectivity index (χ1) is 9.70. The fraction of sp³-hybridized carbons (Fsp3) is 0.429. The van der Waals surface area contributed by atoms with Crippen LogP contribution in [0.15, 0.2) is 16.7 Å². The van der Waals surface area contributed by atoms with Gasteiger partial charge in [-0.1, -0.05) is 0 Å². The molecular formula is C14H15NO5. The van der Waals surface area contributed by atoms with Gasteiger partial charge in [-0.25, -0.2) is 9.78 Å². The number of carbonyl (C=O) groups is 1. The van der Waals surface area contributed by atoms with E-state index in [9.17, 15) is 9.90 Å². The number of carboxylic acid groups (broad SMARTS) is 1. The van der Waals surface area contributed by atoms with Gasteiger partial charge in [-0.05, 0) is 18.9 Å². The lowest BCUT2D eigenvalue weighted by atomic mass is 9.99. The molecule has 6 heteroatoms. The maximum Gasteiger partial charge on any atom is 0.338 e. The second kappa shape index (κ2) is 5.13. The zero-order valence-electron chi connectivity index (χ0n) is 11.1. The molecule has 2 aromatic rings. The average Bonchev–Trinajstić information content (AvgIpc) is 2.91. The van der Waals surface area contributed by atoms with Gasteiger partial charge in [0.1, 0.15) is 5.76 Å². The van der Waals surface area contributed by atoms with Gasteiger partial charge >= 0.3 is 5.97 Å². The third-order valence-electron chi connectivity index (χ3n) is 3.53. The fourth-order valence-corrected chi connectivity index (χ4v) is 2.50. The van der Waals surface area contributed by atoms with E-state index in [2.05, 4.69) is 4.98 Å². The number of furan rings is 1. The van der Waals surface area contributed by atoms with Crippen molar-refractivity contribution in [2.24, 2.45) is 0 Å². The number of rotatable bonds is 3. The van der Waals surface area contributed by atoms with Crippen molar-refractivity contribution < 1.29 is 23.8 Å². The van der Waals surface area contributed by atoms with Crippen LogP contribution in [0.2, 0.25) is 0 Å². The molecular weight excluding hydrogens is 262 g/mol. The summed E-state index contributed by atoms with van der Waals surface area (Å²) in [6, 6.07) is 1.77. The molecule has 20 heavy (non-hydrogen) atoms. The Morgan fingerprint density at radius 2 is 2.40 bits per heavy atom. The molecule has 0 saturated carbocycles. The molecule has 106 valence electrons. The standard InChI is InChI=1S/C14H15NO5/c1-18-13-12-9(10(6-15-13)14(16)17)5-11(20-12)8-3-2-4-19-7-8/h5-6,8H,2-4,7H2,1H3,(H,16,17). The average molecular weight is 277 g/mol. The smallest absolute Gasteiger partial charge is 0.338 e. The van der Waals surface area contributed by atoms with Gasteiger partial charge in [0.2, 0.25) is 0 Å². The molecule has 1 unspecified atom stereocenters. The lowest BCUT2D eigenvalue weighted by Gasteiger charge is -2.19. The van der Waals surface area contributed by atoms with Gasteiger partial charge < -0.3 is 19.0 Å². The number of pyridine rings is 1. The number of aromatic nitrogens is 1. The highest BCUT2D eigenvalue weighted by Gasteiger charge is 2.24. The lowest BCUT2D eigenvalue weighted by molar-refractivity contribution is 0.0698. The molecule has 0 spiro atoms. The quantitative estimate of drug-likeness (QED) is 0.927. The first-order valence-electron chi connectivity index (χ1n) is 6.48. The second-order valence-corrected chi connectivity index (χ2v) is 4.79. The van der Waals surface area contributed by atoms with Gasteiger partial charge in [0.05, 0.1) is 19.3 Å². The largest absolute Gasteiger partial charge is 0.478 e. The van der Waals surface area contributed by atoms with Crippen molar-refractivity contribution >= 4 is 16.9 Å². The molecule has 6 nitrogen and oxygen atoms in total. The zero-order valence-corrected chi connectivity index (χ0v) is 11.1. The maximum absolute atomic E-state index is 11.3. The summed E-state index contributed by atoms with van der Waals surface area (Å²) in [5, 5.41) is 9.74. The van der Waals surface area contributed by atoms with Crippen molar-refractivity contribution in [3.63, 3.8) is 0 Å². The molecule has 1 fully saturated rings. The number of carboxylic acids is 1. The molecule has 1 N–H and O–H groups in total. The molecule has 3 heterocycles. The van der Waals surface area contributed by atoms with Crippen LogP contribution < -0.4 is 4.74 Å². The van der Waals surface area contributed by atoms with Crippen molar-refractivity contribution in [3.8, 4) is 5.88 Å². The van der Waals surface area contributed by atoms with E-state index in [0.29, 0.717) is 23.5 Å². The first kappa shape index (κ1) is 12.9. The fourth-order valence-electron chi connectivity index (χ4n) is 2.50. The van der Waals surface area contributed by atoms with Gasteiger partial charge in [-0.3, -0.25) is 0 Å². The van der Waals surface area contributed by atoms with Crippen molar-refractivity contribution in [3.05, 3.63) is 23.6 Å². The molecule has 0 aromatic carbocycles. The molecule has 2 aromatic heterocycles. The number of fused-ring (bicyclic) bond motifs is 1. The van der Waals surface area contributed by atoms with Crippen LogP contribution in [0.3, 0.4) is 0 Å². The molecule has 0 bridgehead atoms. The van der Waals surface area contributed by atoms with Crippen LogP contribution in [-0.4, -0.2) is 36.4 Å². The maximum atomic E-state index is 11.3. The predicted octanol–water partition coefficient (Wildman–Crippen LogP) is 2.43. The second-order valence-electron chi connectivity index (χ2n) is 4.79. The predicted molar refractivity (Wildman–Crippen MR) is 70.3 cm³/mol. The third-order valence-corrected chi connectivity index (χ3v) is 3.53. The van der Waals surface area contributed by atoms with Crippen LogP contribution in [0.1, 0.15) is 34.9 Å². The summed E-state index contributed by atoms with van der Waals surface area (Å²) < 4.78 is 16.4. The van der Waals surface area contributed by atoms with Crippen molar-refractivity contribution in [2.45, 2.75) is 18.8 Å². The van der Waals surface area contributed by atoms with Crippen LogP contribution in [0.25, 0.3) is 11.0 Å². The minimum Gasteiger partial charge on any atom is -0.478 e. The Kier molecular flexibility index (Phi) is 3.31. The van der Waals surface area contributed by atoms with Crippen LogP contribution in [0.5, 0.6) is 5.88 Å². The van der Waals surface area contributed by atoms with E-state index < -0.39 is 5.97 Å². The summed E-state index contributed by atoms with van der Waals surface area (Å²) >= 11 is 0. The van der Waals surface area contributed by atoms with Gasteiger partial charge in [-0.2, -0.15) is 0 Å². The van der Waals surface area contributed by atoms with E-state index in [1.807, 2.05) is 0 Å². The minimum atomic E-state index is -1.03. The van der Waals surface area contributed by atoms with E-state index in [1.54, 1.807) is 6.07 Å². The summed E-state index contributed by atoms with van der Waals surface area (Å²) in [5.74, 6) is 0.154. The van der Waals surface area contributed by atoms with Gasteiger partial charge in [0.25, 0.3) is 5.88 Å². The van der Waals surface area contributed by atoms with E-state index in [1.165, 1.54) is 13.3 Å². The SMILES string of the molecule is COc1ncc(C(=O)O)c2cc(C3CCCOC3)oc12. The Bertz CT molecular complexity index is 642. The lowest BCUT2D eigenvalue weighted by Crippen LogP contribution is -2.14. The van der Waals surface area contributed by atoms with Crippen LogP contribution in [0.4, 0.5) is 0 Å². The van der Waals surface area contributed by atoms with E-state index >= 15 is 0 Å². The Morgan fingerprint density at radius 3 is 3.05 bits per heavy atom. The highest BCUT2D eigenvalue weighted by Crippen LogP contribution is 2.35. The van der Waals surface area contributed by atoms with E-state index in [4.69, 9.17) is 13.9 Å². The van der Waals surface area contributed by atoms with Gasteiger partial charge in [0, 0.05) is 24.1 Å². The van der Waals surface area contributed by atoms with Gasteiger partial charge in [-0.15, -0.1) is 0 Å². The van der Waals surface area contributed by atoms with Crippen LogP contribution in [-0.2, 0) is 4.74 Å². The molecule has 1 aliphatic rings. The topological polar surface area (TPSA) is 81.8 Å². The molecule has 3 rings (SSSR count). The molecule has 1 saturated heterocycles. The van der Waals surface area contributed by atoms with E-state index in [-0.39, 0.29) is 11.5 Å². The van der Waals surface area contributed by atoms with E-state index in [0.717, 1.165) is 25.2 Å². The summed E-state index contributed by atoms with van der Waals surface area (Å²) in [6.45, 7) is 1.36. The molecule has 0 amide bonds. The first-order valence-corrected chi connectivity index (χ1v) is 6.48. The monoisotopic (exact) mass is 277 g/mol. The number of hydrogen-bond acceptors (Lipinski definition) is 5. The molecule has 1 aliphatic heterocycles. The highest BCUT2D eigenvalue weighted by molar-refractivity contribution is 6.03. The number of hydrogen-bond donors (Lipinski definition) is 1. The van der Waals surface area contributed by atoms with Crippen molar-refractivity contribution in [1.82, 2.24) is 4.98 Å². The summed E-state index contributed by atoms with van der Waals surface area (Å²) in [5.41, 5.74) is 0.500. The molecule has 0 radical (unpaired) electrons. The van der Waals surface area contributed by atoms with Crippen LogP contribution in [0, 0.1) is 0 Å². The number of ether oxygens (including phenoxy) is 2. The number of methoxy groups -OCH3 is 1. The molecule has 0 aliphatic carbocycles. The summed E-state index contributed by atoms with van der Waals surface area (Å²) in [4.78, 5) is 15.2. The summed E-state index contributed by atoms with van der Waals surface area (Å²) in [6.07, 6.45) is 3.24. The van der Waals surface area contributed by atoms with Gasteiger partial charge in [0.15, 0.2) is 5.58 Å². The zero-order chi connectivity index (χ0) is 14.1. The highest BCUT2D eigenvalue weighted by atomic mass is 16.5. The Hall–Kier alpha value is -2.08.